The van der Waals surface area contributed by atoms with Crippen LogP contribution in [0.1, 0.15) is 36.2 Å². The van der Waals surface area contributed by atoms with Crippen LogP contribution in [-0.2, 0) is 19.3 Å². The first-order valence-electron chi connectivity index (χ1n) is 12.7. The van der Waals surface area contributed by atoms with Gasteiger partial charge in [-0.3, -0.25) is 18.8 Å². The third kappa shape index (κ3) is 4.50. The molecule has 1 aromatic carbocycles. The predicted octanol–water partition coefficient (Wildman–Crippen LogP) is 2.74. The number of rotatable bonds is 7. The number of hydrazine groups is 1. The molecule has 2 aliphatic heterocycles. The molecule has 0 bridgehead atoms. The van der Waals surface area contributed by atoms with Crippen LogP contribution in [0.5, 0.6) is 6.01 Å². The Labute approximate surface area is 230 Å². The Kier molecular flexibility index (Phi) is 6.31. The number of nitrogens with zero attached hydrogens (tertiary/aromatic N) is 7. The molecule has 0 amide bonds. The first kappa shape index (κ1) is 26.2. The van der Waals surface area contributed by atoms with Gasteiger partial charge in [0.05, 0.1) is 31.7 Å². The molecule has 3 N–H and O–H groups in total. The highest BCUT2D eigenvalue weighted by molar-refractivity contribution is 5.79. The van der Waals surface area contributed by atoms with Gasteiger partial charge in [0.25, 0.3) is 11.1 Å². The summed E-state index contributed by atoms with van der Waals surface area (Å²) >= 11 is 0. The van der Waals surface area contributed by atoms with Crippen molar-refractivity contribution >= 4 is 23.0 Å². The number of methoxy groups -OCH3 is 1. The van der Waals surface area contributed by atoms with Gasteiger partial charge in [0, 0.05) is 18.3 Å². The molecule has 13 nitrogen and oxygen atoms in total. The van der Waals surface area contributed by atoms with E-state index in [1.807, 2.05) is 6.92 Å². The van der Waals surface area contributed by atoms with Crippen LogP contribution in [0.2, 0.25) is 0 Å². The maximum atomic E-state index is 13.6. The molecule has 2 aliphatic rings. The van der Waals surface area contributed by atoms with Crippen molar-refractivity contribution in [1.29, 1.82) is 0 Å². The maximum absolute atomic E-state index is 13.6. The summed E-state index contributed by atoms with van der Waals surface area (Å²) in [7, 11) is 1.43. The van der Waals surface area contributed by atoms with Crippen molar-refractivity contribution in [3.63, 3.8) is 0 Å². The van der Waals surface area contributed by atoms with E-state index in [9.17, 15) is 22.8 Å². The van der Waals surface area contributed by atoms with E-state index in [2.05, 4.69) is 30.7 Å². The minimum Gasteiger partial charge on any atom is -0.468 e. The highest BCUT2D eigenvalue weighted by Gasteiger charge is 2.42. The van der Waals surface area contributed by atoms with Crippen LogP contribution in [0.15, 0.2) is 52.6 Å². The van der Waals surface area contributed by atoms with E-state index >= 15 is 0 Å². The number of benzene rings is 1. The van der Waals surface area contributed by atoms with Crippen LogP contribution >= 0.6 is 0 Å². The number of alkyl halides is 3. The Morgan fingerprint density at radius 1 is 1.17 bits per heavy atom. The number of aromatic amines is 1. The predicted molar refractivity (Wildman–Crippen MR) is 143 cm³/mol. The second kappa shape index (κ2) is 9.87. The second-order valence-corrected chi connectivity index (χ2v) is 9.48. The zero-order valence-electron chi connectivity index (χ0n) is 21.9. The molecular weight excluding hydrogens is 545 g/mol. The lowest BCUT2D eigenvalue weighted by molar-refractivity contribution is -0.137. The lowest BCUT2D eigenvalue weighted by atomic mass is 10.1. The van der Waals surface area contributed by atoms with Gasteiger partial charge in [-0.2, -0.15) is 23.3 Å². The van der Waals surface area contributed by atoms with Crippen LogP contribution in [0.25, 0.3) is 0 Å². The third-order valence-electron chi connectivity index (χ3n) is 6.80. The smallest absolute Gasteiger partial charge is 0.416 e. The molecule has 0 saturated carbocycles. The fraction of sp³-hybridized carbons (Fsp3) is 0.320. The van der Waals surface area contributed by atoms with Gasteiger partial charge in [-0.05, 0) is 24.1 Å². The molecule has 0 radical (unpaired) electrons. The second-order valence-electron chi connectivity index (χ2n) is 9.48. The quantitative estimate of drug-likeness (QED) is 0.304. The Hall–Kier alpha value is -5.02. The highest BCUT2D eigenvalue weighted by atomic mass is 19.4. The van der Waals surface area contributed by atoms with E-state index in [1.165, 1.54) is 28.8 Å². The molecule has 214 valence electrons. The van der Waals surface area contributed by atoms with Crippen LogP contribution in [0, 0.1) is 0 Å². The average molecular weight is 571 g/mol. The van der Waals surface area contributed by atoms with Crippen molar-refractivity contribution in [2.75, 3.05) is 34.4 Å². The van der Waals surface area contributed by atoms with Crippen molar-refractivity contribution in [3.8, 4) is 6.01 Å². The normalized spacial score (nSPS) is 15.9. The number of ether oxygens (including phenoxy) is 1. The van der Waals surface area contributed by atoms with Gasteiger partial charge in [-0.1, -0.05) is 19.1 Å². The van der Waals surface area contributed by atoms with E-state index < -0.39 is 17.9 Å². The van der Waals surface area contributed by atoms with E-state index in [0.717, 1.165) is 12.1 Å². The van der Waals surface area contributed by atoms with Gasteiger partial charge in [-0.15, -0.1) is 0 Å². The lowest BCUT2D eigenvalue weighted by Crippen LogP contribution is -2.45. The van der Waals surface area contributed by atoms with Crippen molar-refractivity contribution in [3.05, 3.63) is 80.4 Å². The molecule has 4 aromatic rings. The standard InChI is InChI=1S/C25H25F3N10O3/c1-3-7-36-23(40)18-21(34-24(36)41-2)38(37-13-31-17-20(37)29-12-30-22(17)39)19(33-18)15-9-32-35(11-15)10-14-5-4-6-16(8-14)25(26,27)28/h4-6,8-9,11-12,19,31,33H,3,7,10,13H2,1-2H3,(H,29,30,39). The summed E-state index contributed by atoms with van der Waals surface area (Å²) in [5.74, 6) is 0.579. The Morgan fingerprint density at radius 3 is 2.76 bits per heavy atom. The Morgan fingerprint density at radius 2 is 2.00 bits per heavy atom. The largest absolute Gasteiger partial charge is 0.468 e. The number of nitrogens with one attached hydrogen (secondary N) is 3. The molecule has 1 atom stereocenters. The molecule has 1 unspecified atom stereocenters. The molecule has 16 heteroatoms. The topological polar surface area (TPSA) is 138 Å². The number of hydrogen-bond donors (Lipinski definition) is 3. The number of halogens is 3. The van der Waals surface area contributed by atoms with Gasteiger partial charge in [0.1, 0.15) is 18.0 Å². The first-order valence-corrected chi connectivity index (χ1v) is 12.7. The van der Waals surface area contributed by atoms with Crippen molar-refractivity contribution < 1.29 is 17.9 Å². The number of fused-ring (bicyclic) bond motifs is 2. The molecule has 0 saturated heterocycles. The van der Waals surface area contributed by atoms with Gasteiger partial charge in [0.2, 0.25) is 0 Å². The van der Waals surface area contributed by atoms with E-state index in [4.69, 9.17) is 4.74 Å². The summed E-state index contributed by atoms with van der Waals surface area (Å²) in [5, 5.41) is 14.0. The van der Waals surface area contributed by atoms with E-state index in [0.29, 0.717) is 29.9 Å². The fourth-order valence-electron chi connectivity index (χ4n) is 4.98. The highest BCUT2D eigenvalue weighted by Crippen LogP contribution is 2.43. The van der Waals surface area contributed by atoms with E-state index in [-0.39, 0.29) is 47.5 Å². The molecule has 5 heterocycles. The zero-order valence-corrected chi connectivity index (χ0v) is 21.9. The molecule has 41 heavy (non-hydrogen) atoms. The Balaban J connectivity index is 1.41. The molecule has 0 spiro atoms. The van der Waals surface area contributed by atoms with Crippen LogP contribution in [-0.4, -0.2) is 43.1 Å². The summed E-state index contributed by atoms with van der Waals surface area (Å²) in [5.41, 5.74) is 0.0348. The molecule has 0 fully saturated rings. The summed E-state index contributed by atoms with van der Waals surface area (Å²) in [6.07, 6.45) is -0.00430. The van der Waals surface area contributed by atoms with Gasteiger partial charge >= 0.3 is 12.2 Å². The average Bonchev–Trinajstić information content (AvgIpc) is 3.67. The van der Waals surface area contributed by atoms with Crippen molar-refractivity contribution in [1.82, 2.24) is 29.3 Å². The SMILES string of the molecule is CCCn1c(OC)nc2c(c1=O)NC(c1cnn(Cc3cccc(C(F)(F)F)c3)c1)N2N1CNc2c1nc[nH]c2=O. The first-order chi connectivity index (χ1) is 19.7. The monoisotopic (exact) mass is 570 g/mol. The summed E-state index contributed by atoms with van der Waals surface area (Å²) in [6, 6.07) is 5.17. The minimum absolute atomic E-state index is 0.0873. The zero-order chi connectivity index (χ0) is 28.9. The van der Waals surface area contributed by atoms with Gasteiger partial charge < -0.3 is 20.4 Å². The Bertz CT molecular complexity index is 1730. The van der Waals surface area contributed by atoms with Gasteiger partial charge in [-0.25, -0.2) is 15.0 Å². The van der Waals surface area contributed by atoms with Gasteiger partial charge in [0.15, 0.2) is 17.8 Å². The van der Waals surface area contributed by atoms with Crippen molar-refractivity contribution in [2.24, 2.45) is 0 Å². The number of hydrogen-bond acceptors (Lipinski definition) is 10. The number of anilines is 4. The third-order valence-corrected chi connectivity index (χ3v) is 6.80. The number of H-pyrrole nitrogens is 1. The van der Waals surface area contributed by atoms with Crippen LogP contribution in [0.4, 0.5) is 36.2 Å². The molecular formula is C25H25F3N10O3. The van der Waals surface area contributed by atoms with Crippen molar-refractivity contribution in [2.45, 2.75) is 38.8 Å². The minimum atomic E-state index is -4.46. The summed E-state index contributed by atoms with van der Waals surface area (Å²) < 4.78 is 48.0. The molecule has 0 aliphatic carbocycles. The van der Waals surface area contributed by atoms with Crippen LogP contribution in [0.3, 0.4) is 0 Å². The van der Waals surface area contributed by atoms with Crippen LogP contribution < -0.4 is 36.5 Å². The molecule has 6 rings (SSSR count). The molecule has 3 aromatic heterocycles. The summed E-state index contributed by atoms with van der Waals surface area (Å²) in [4.78, 5) is 37.5. The maximum Gasteiger partial charge on any atom is 0.416 e. The number of aromatic nitrogens is 6. The fourth-order valence-corrected chi connectivity index (χ4v) is 4.98. The lowest BCUT2D eigenvalue weighted by Gasteiger charge is -2.33. The van der Waals surface area contributed by atoms with E-state index in [1.54, 1.807) is 28.5 Å². The summed E-state index contributed by atoms with van der Waals surface area (Å²) in [6.45, 7) is 2.54.